The third kappa shape index (κ3) is 4.57. The maximum Gasteiger partial charge on any atom is 0.227 e. The summed E-state index contributed by atoms with van der Waals surface area (Å²) < 4.78 is 0. The van der Waals surface area contributed by atoms with E-state index in [1.165, 1.54) is 5.69 Å². The van der Waals surface area contributed by atoms with Crippen molar-refractivity contribution in [2.75, 3.05) is 43.4 Å². The topological polar surface area (TPSA) is 57.2 Å². The Kier molecular flexibility index (Phi) is 5.78. The highest BCUT2D eigenvalue weighted by Gasteiger charge is 2.15. The molecule has 2 aromatic heterocycles. The van der Waals surface area contributed by atoms with Gasteiger partial charge < -0.3 is 15.1 Å². The summed E-state index contributed by atoms with van der Waals surface area (Å²) in [7, 11) is 2.18. The fourth-order valence-corrected chi connectivity index (χ4v) is 4.44. The van der Waals surface area contributed by atoms with Gasteiger partial charge in [0.2, 0.25) is 5.95 Å². The summed E-state index contributed by atoms with van der Waals surface area (Å²) >= 11 is 1.72. The monoisotopic (exact) mass is 408 g/mol. The minimum Gasteiger partial charge on any atom is -0.369 e. The van der Waals surface area contributed by atoms with Crippen LogP contribution >= 0.6 is 11.3 Å². The zero-order chi connectivity index (χ0) is 20.4. The number of thiazole rings is 1. The molecule has 0 amide bonds. The lowest BCUT2D eigenvalue weighted by atomic mass is 10.2. The Hall–Kier alpha value is -2.51. The fraction of sp³-hybridized carbons (Fsp3) is 0.409. The van der Waals surface area contributed by atoms with E-state index in [-0.39, 0.29) is 0 Å². The summed E-state index contributed by atoms with van der Waals surface area (Å²) in [5.74, 6) is 1.03. The third-order valence-electron chi connectivity index (χ3n) is 5.19. The van der Waals surface area contributed by atoms with Crippen LogP contribution in [0, 0.1) is 6.92 Å². The van der Waals surface area contributed by atoms with Gasteiger partial charge in [0.15, 0.2) is 0 Å². The first-order valence-electron chi connectivity index (χ1n) is 10.1. The molecule has 1 N–H and O–H groups in total. The molecule has 6 nitrogen and oxygen atoms in total. The molecule has 3 aromatic rings. The highest BCUT2D eigenvalue weighted by Crippen LogP contribution is 2.32. The number of nitrogens with one attached hydrogen (secondary N) is 1. The molecule has 4 rings (SSSR count). The van der Waals surface area contributed by atoms with Gasteiger partial charge in [-0.2, -0.15) is 0 Å². The number of hydrogen-bond donors (Lipinski definition) is 1. The van der Waals surface area contributed by atoms with Crippen molar-refractivity contribution in [2.45, 2.75) is 26.7 Å². The molecule has 0 atom stereocenters. The second kappa shape index (κ2) is 8.47. The number of aromatic nitrogens is 3. The van der Waals surface area contributed by atoms with E-state index < -0.39 is 0 Å². The van der Waals surface area contributed by atoms with Crippen LogP contribution < -0.4 is 10.2 Å². The van der Waals surface area contributed by atoms with E-state index >= 15 is 0 Å². The molecular weight excluding hydrogens is 380 g/mol. The summed E-state index contributed by atoms with van der Waals surface area (Å²) in [5.41, 5.74) is 4.20. The fourth-order valence-electron chi connectivity index (χ4n) is 3.40. The molecule has 0 saturated carbocycles. The van der Waals surface area contributed by atoms with E-state index in [0.717, 1.165) is 53.1 Å². The van der Waals surface area contributed by atoms with Crippen molar-refractivity contribution in [1.29, 1.82) is 0 Å². The number of anilines is 3. The van der Waals surface area contributed by atoms with Crippen molar-refractivity contribution < 1.29 is 0 Å². The quantitative estimate of drug-likeness (QED) is 0.669. The van der Waals surface area contributed by atoms with Gasteiger partial charge >= 0.3 is 0 Å². The SMILES string of the molecule is Cc1nc(C(C)C)sc1-c1ccnc(Nc2ccc(N3CCN(C)CC3)cc2)n1. The molecule has 152 valence electrons. The summed E-state index contributed by atoms with van der Waals surface area (Å²) in [6.07, 6.45) is 1.80. The van der Waals surface area contributed by atoms with Gasteiger partial charge in [0.05, 0.1) is 21.3 Å². The van der Waals surface area contributed by atoms with Crippen molar-refractivity contribution >= 4 is 28.7 Å². The number of rotatable bonds is 5. The number of nitrogens with zero attached hydrogens (tertiary/aromatic N) is 5. The minimum absolute atomic E-state index is 0.422. The van der Waals surface area contributed by atoms with E-state index in [4.69, 9.17) is 4.98 Å². The van der Waals surface area contributed by atoms with Crippen molar-refractivity contribution in [2.24, 2.45) is 0 Å². The third-order valence-corrected chi connectivity index (χ3v) is 6.67. The van der Waals surface area contributed by atoms with Gasteiger partial charge in [-0.05, 0) is 44.3 Å². The number of piperazine rings is 1. The van der Waals surface area contributed by atoms with E-state index in [9.17, 15) is 0 Å². The zero-order valence-electron chi connectivity index (χ0n) is 17.5. The molecule has 7 heteroatoms. The first-order valence-corrected chi connectivity index (χ1v) is 10.9. The van der Waals surface area contributed by atoms with Crippen molar-refractivity contribution in [3.05, 3.63) is 47.2 Å². The first kappa shape index (κ1) is 19.8. The van der Waals surface area contributed by atoms with E-state index in [0.29, 0.717) is 11.9 Å². The first-order chi connectivity index (χ1) is 14.0. The molecule has 1 aliphatic rings. The van der Waals surface area contributed by atoms with Crippen LogP contribution in [0.1, 0.15) is 30.5 Å². The van der Waals surface area contributed by atoms with Crippen LogP contribution in [0.2, 0.25) is 0 Å². The normalized spacial score (nSPS) is 15.1. The van der Waals surface area contributed by atoms with Crippen LogP contribution in [0.25, 0.3) is 10.6 Å². The maximum atomic E-state index is 4.72. The average molecular weight is 409 g/mol. The highest BCUT2D eigenvalue weighted by atomic mass is 32.1. The van der Waals surface area contributed by atoms with Gasteiger partial charge in [0.1, 0.15) is 0 Å². The van der Waals surface area contributed by atoms with Gasteiger partial charge in [-0.15, -0.1) is 11.3 Å². The van der Waals surface area contributed by atoms with Crippen LogP contribution in [-0.4, -0.2) is 53.1 Å². The van der Waals surface area contributed by atoms with Gasteiger partial charge in [0.25, 0.3) is 0 Å². The number of aryl methyl sites for hydroxylation is 1. The number of hydrogen-bond acceptors (Lipinski definition) is 7. The van der Waals surface area contributed by atoms with Crippen LogP contribution in [0.5, 0.6) is 0 Å². The standard InChI is InChI=1S/C22H28N6S/c1-15(2)21-24-16(3)20(29-21)19-9-10-23-22(26-19)25-17-5-7-18(8-6-17)28-13-11-27(4)12-14-28/h5-10,15H,11-14H2,1-4H3,(H,23,25,26). The molecule has 0 spiro atoms. The Bertz CT molecular complexity index is 958. The molecule has 1 fully saturated rings. The summed E-state index contributed by atoms with van der Waals surface area (Å²) in [6.45, 7) is 10.7. The van der Waals surface area contributed by atoms with Crippen molar-refractivity contribution in [3.63, 3.8) is 0 Å². The Morgan fingerprint density at radius 1 is 1.00 bits per heavy atom. The molecule has 3 heterocycles. The van der Waals surface area contributed by atoms with Crippen molar-refractivity contribution in [3.8, 4) is 10.6 Å². The molecule has 1 aromatic carbocycles. The Morgan fingerprint density at radius 3 is 2.38 bits per heavy atom. The van der Waals surface area contributed by atoms with E-state index in [2.05, 4.69) is 70.2 Å². The lowest BCUT2D eigenvalue weighted by Crippen LogP contribution is -2.44. The molecule has 0 aliphatic carbocycles. The summed E-state index contributed by atoms with van der Waals surface area (Å²) in [4.78, 5) is 19.7. The van der Waals surface area contributed by atoms with Crippen LogP contribution in [-0.2, 0) is 0 Å². The largest absolute Gasteiger partial charge is 0.369 e. The molecular formula is C22H28N6S. The van der Waals surface area contributed by atoms with Crippen molar-refractivity contribution in [1.82, 2.24) is 19.9 Å². The molecule has 0 unspecified atom stereocenters. The average Bonchev–Trinajstić information content (AvgIpc) is 3.12. The lowest BCUT2D eigenvalue weighted by Gasteiger charge is -2.34. The number of likely N-dealkylation sites (N-methyl/N-ethyl adjacent to an activating group) is 1. The maximum absolute atomic E-state index is 4.72. The molecule has 0 bridgehead atoms. The Morgan fingerprint density at radius 2 is 1.72 bits per heavy atom. The van der Waals surface area contributed by atoms with Gasteiger partial charge in [-0.25, -0.2) is 15.0 Å². The second-order valence-electron chi connectivity index (χ2n) is 7.85. The number of benzene rings is 1. The minimum atomic E-state index is 0.422. The highest BCUT2D eigenvalue weighted by molar-refractivity contribution is 7.15. The van der Waals surface area contributed by atoms with Gasteiger partial charge in [-0.1, -0.05) is 13.8 Å². The Balaban J connectivity index is 1.48. The summed E-state index contributed by atoms with van der Waals surface area (Å²) in [5, 5.41) is 4.48. The lowest BCUT2D eigenvalue weighted by molar-refractivity contribution is 0.313. The van der Waals surface area contributed by atoms with Gasteiger partial charge in [-0.3, -0.25) is 0 Å². The van der Waals surface area contributed by atoms with Crippen LogP contribution in [0.3, 0.4) is 0 Å². The molecule has 1 saturated heterocycles. The second-order valence-corrected chi connectivity index (χ2v) is 8.88. The van der Waals surface area contributed by atoms with Crippen LogP contribution in [0.4, 0.5) is 17.3 Å². The molecule has 29 heavy (non-hydrogen) atoms. The summed E-state index contributed by atoms with van der Waals surface area (Å²) in [6, 6.07) is 10.5. The predicted octanol–water partition coefficient (Wildman–Crippen LogP) is 4.53. The smallest absolute Gasteiger partial charge is 0.227 e. The zero-order valence-corrected chi connectivity index (χ0v) is 18.3. The molecule has 0 radical (unpaired) electrons. The van der Waals surface area contributed by atoms with Crippen LogP contribution in [0.15, 0.2) is 36.5 Å². The van der Waals surface area contributed by atoms with E-state index in [1.807, 2.05) is 13.0 Å². The Labute approximate surface area is 176 Å². The predicted molar refractivity (Wildman–Crippen MR) is 121 cm³/mol. The van der Waals surface area contributed by atoms with E-state index in [1.54, 1.807) is 17.5 Å². The molecule has 1 aliphatic heterocycles. The van der Waals surface area contributed by atoms with Gasteiger partial charge in [0, 0.05) is 49.7 Å².